The van der Waals surface area contributed by atoms with Crippen molar-refractivity contribution in [2.45, 2.75) is 31.4 Å². The molecule has 2 rings (SSSR count). The number of nitrogens with one attached hydrogen (secondary N) is 1. The molecule has 1 heterocycles. The molecule has 0 bridgehead atoms. The minimum Gasteiger partial charge on any atom is -0.391 e. The summed E-state index contributed by atoms with van der Waals surface area (Å²) in [4.78, 5) is 0. The zero-order chi connectivity index (χ0) is 6.27. The molecule has 0 aromatic carbocycles. The van der Waals surface area contributed by atoms with Crippen molar-refractivity contribution >= 4 is 12.4 Å². The molecule has 2 aliphatic rings. The van der Waals surface area contributed by atoms with Crippen molar-refractivity contribution in [3.8, 4) is 0 Å². The molecule has 0 aromatic heterocycles. The molecule has 0 amide bonds. The molecule has 2 nitrogen and oxygen atoms in total. The summed E-state index contributed by atoms with van der Waals surface area (Å²) in [5.74, 6) is 0.808. The first kappa shape index (κ1) is 8.31. The normalized spacial score (nSPS) is 39.3. The highest BCUT2D eigenvalue weighted by atomic mass is 35.5. The van der Waals surface area contributed by atoms with Crippen molar-refractivity contribution in [3.63, 3.8) is 0 Å². The molecule has 10 heavy (non-hydrogen) atoms. The Labute approximate surface area is 67.4 Å². The van der Waals surface area contributed by atoms with Crippen molar-refractivity contribution in [2.24, 2.45) is 5.92 Å². The molecule has 3 heteroatoms. The third-order valence-electron chi connectivity index (χ3n) is 2.36. The van der Waals surface area contributed by atoms with Crippen LogP contribution >= 0.6 is 12.4 Å². The fraction of sp³-hybridized carbons (Fsp3) is 1.00. The van der Waals surface area contributed by atoms with Crippen molar-refractivity contribution in [1.29, 1.82) is 0 Å². The summed E-state index contributed by atoms with van der Waals surface area (Å²) in [5.41, 5.74) is 0. The van der Waals surface area contributed by atoms with E-state index in [1.807, 2.05) is 0 Å². The second-order valence-electron chi connectivity index (χ2n) is 3.17. The van der Waals surface area contributed by atoms with E-state index < -0.39 is 0 Å². The van der Waals surface area contributed by atoms with Gasteiger partial charge in [-0.3, -0.25) is 0 Å². The molecule has 1 aliphatic carbocycles. The first-order chi connectivity index (χ1) is 4.38. The lowest BCUT2D eigenvalue weighted by Gasteiger charge is -2.12. The summed E-state index contributed by atoms with van der Waals surface area (Å²) in [6.45, 7) is 1.02. The summed E-state index contributed by atoms with van der Waals surface area (Å²) >= 11 is 0. The van der Waals surface area contributed by atoms with Crippen molar-refractivity contribution in [1.82, 2.24) is 5.32 Å². The molecule has 1 saturated heterocycles. The predicted octanol–water partition coefficient (Wildman–Crippen LogP) is 0.541. The van der Waals surface area contributed by atoms with E-state index in [-0.39, 0.29) is 18.5 Å². The van der Waals surface area contributed by atoms with E-state index in [1.54, 1.807) is 0 Å². The van der Waals surface area contributed by atoms with Crippen LogP contribution in [0.3, 0.4) is 0 Å². The number of halogens is 1. The zero-order valence-corrected chi connectivity index (χ0v) is 6.73. The highest BCUT2D eigenvalue weighted by molar-refractivity contribution is 5.85. The smallest absolute Gasteiger partial charge is 0.0708 e. The Kier molecular flexibility index (Phi) is 2.55. The number of rotatable bonds is 1. The minimum absolute atomic E-state index is 0. The van der Waals surface area contributed by atoms with Crippen LogP contribution < -0.4 is 5.32 Å². The van der Waals surface area contributed by atoms with Crippen LogP contribution in [0.15, 0.2) is 0 Å². The molecule has 0 spiro atoms. The van der Waals surface area contributed by atoms with Gasteiger partial charge in [-0.2, -0.15) is 0 Å². The number of hydrogen-bond acceptors (Lipinski definition) is 2. The first-order valence-electron chi connectivity index (χ1n) is 3.79. The summed E-state index contributed by atoms with van der Waals surface area (Å²) in [6.07, 6.45) is 3.57. The van der Waals surface area contributed by atoms with Gasteiger partial charge < -0.3 is 10.4 Å². The Hall–Kier alpha value is 0.210. The van der Waals surface area contributed by atoms with Gasteiger partial charge in [0.25, 0.3) is 0 Å². The third kappa shape index (κ3) is 1.44. The third-order valence-corrected chi connectivity index (χ3v) is 2.36. The van der Waals surface area contributed by atoms with Crippen LogP contribution in [-0.4, -0.2) is 23.8 Å². The average Bonchev–Trinajstić information content (AvgIpc) is 2.58. The van der Waals surface area contributed by atoms with Gasteiger partial charge in [0.15, 0.2) is 0 Å². The molecule has 1 aliphatic heterocycles. The van der Waals surface area contributed by atoms with Gasteiger partial charge in [0.2, 0.25) is 0 Å². The quantitative estimate of drug-likeness (QED) is 0.592. The van der Waals surface area contributed by atoms with Crippen LogP contribution in [0.4, 0.5) is 0 Å². The second kappa shape index (κ2) is 3.07. The van der Waals surface area contributed by atoms with Gasteiger partial charge in [0.1, 0.15) is 0 Å². The van der Waals surface area contributed by atoms with Gasteiger partial charge in [0.05, 0.1) is 6.10 Å². The molecular weight excluding hydrogens is 150 g/mol. The number of aliphatic hydroxyl groups excluding tert-OH is 1. The standard InChI is InChI=1S/C7H13NO.ClH/c9-6-3-4-8-7(6)5-1-2-5;/h5-9H,1-4H2;1H/t6-,7-;/m1./s1. The van der Waals surface area contributed by atoms with Crippen LogP contribution in [0.5, 0.6) is 0 Å². The van der Waals surface area contributed by atoms with Crippen LogP contribution in [0.1, 0.15) is 19.3 Å². The maximum Gasteiger partial charge on any atom is 0.0708 e. The number of hydrogen-bond donors (Lipinski definition) is 2. The molecule has 2 fully saturated rings. The van der Waals surface area contributed by atoms with Gasteiger partial charge in [-0.25, -0.2) is 0 Å². The van der Waals surface area contributed by atoms with Gasteiger partial charge in [0, 0.05) is 6.04 Å². The van der Waals surface area contributed by atoms with E-state index >= 15 is 0 Å². The molecule has 0 radical (unpaired) electrons. The lowest BCUT2D eigenvalue weighted by atomic mass is 10.1. The van der Waals surface area contributed by atoms with E-state index in [0.29, 0.717) is 6.04 Å². The van der Waals surface area contributed by atoms with Crippen LogP contribution in [-0.2, 0) is 0 Å². The molecule has 60 valence electrons. The Balaban J connectivity index is 0.000000500. The Morgan fingerprint density at radius 3 is 2.30 bits per heavy atom. The molecular formula is C7H14ClNO. The zero-order valence-electron chi connectivity index (χ0n) is 5.92. The minimum atomic E-state index is -0.0440. The summed E-state index contributed by atoms with van der Waals surface area (Å²) < 4.78 is 0. The van der Waals surface area contributed by atoms with Gasteiger partial charge in [-0.15, -0.1) is 12.4 Å². The lowest BCUT2D eigenvalue weighted by molar-refractivity contribution is 0.150. The summed E-state index contributed by atoms with van der Waals surface area (Å²) in [5, 5.41) is 12.7. The van der Waals surface area contributed by atoms with Crippen LogP contribution in [0.25, 0.3) is 0 Å². The first-order valence-corrected chi connectivity index (χ1v) is 3.79. The Morgan fingerprint density at radius 1 is 1.20 bits per heavy atom. The van der Waals surface area contributed by atoms with E-state index in [9.17, 15) is 5.11 Å². The molecule has 2 atom stereocenters. The van der Waals surface area contributed by atoms with Crippen molar-refractivity contribution in [2.75, 3.05) is 6.54 Å². The Morgan fingerprint density at radius 2 is 1.90 bits per heavy atom. The second-order valence-corrected chi connectivity index (χ2v) is 3.17. The van der Waals surface area contributed by atoms with Crippen LogP contribution in [0.2, 0.25) is 0 Å². The summed E-state index contributed by atoms with van der Waals surface area (Å²) in [7, 11) is 0. The van der Waals surface area contributed by atoms with E-state index in [4.69, 9.17) is 0 Å². The monoisotopic (exact) mass is 163 g/mol. The van der Waals surface area contributed by atoms with Gasteiger partial charge in [-0.1, -0.05) is 0 Å². The fourth-order valence-electron chi connectivity index (χ4n) is 1.65. The topological polar surface area (TPSA) is 32.3 Å². The Bertz CT molecular complexity index is 116. The fourth-order valence-corrected chi connectivity index (χ4v) is 1.65. The van der Waals surface area contributed by atoms with E-state index in [0.717, 1.165) is 18.9 Å². The average molecular weight is 164 g/mol. The largest absolute Gasteiger partial charge is 0.391 e. The predicted molar refractivity (Wildman–Crippen MR) is 42.4 cm³/mol. The van der Waals surface area contributed by atoms with Crippen molar-refractivity contribution < 1.29 is 5.11 Å². The number of aliphatic hydroxyl groups is 1. The highest BCUT2D eigenvalue weighted by Crippen LogP contribution is 2.35. The van der Waals surface area contributed by atoms with Gasteiger partial charge >= 0.3 is 0 Å². The van der Waals surface area contributed by atoms with Crippen molar-refractivity contribution in [3.05, 3.63) is 0 Å². The van der Waals surface area contributed by atoms with Crippen LogP contribution in [0, 0.1) is 5.92 Å². The molecule has 0 unspecified atom stereocenters. The molecule has 0 aromatic rings. The highest BCUT2D eigenvalue weighted by Gasteiger charge is 2.38. The van der Waals surface area contributed by atoms with E-state index in [2.05, 4.69) is 5.32 Å². The van der Waals surface area contributed by atoms with E-state index in [1.165, 1.54) is 12.8 Å². The summed E-state index contributed by atoms with van der Waals surface area (Å²) in [6, 6.07) is 0.449. The molecule has 1 saturated carbocycles. The SMILES string of the molecule is Cl.O[C@@H]1CCN[C@@H]1C1CC1. The lowest BCUT2D eigenvalue weighted by Crippen LogP contribution is -2.31. The molecule has 2 N–H and O–H groups in total. The van der Waals surface area contributed by atoms with Gasteiger partial charge in [-0.05, 0) is 31.7 Å². The maximum atomic E-state index is 9.34. The maximum absolute atomic E-state index is 9.34.